The number of amides is 1. The van der Waals surface area contributed by atoms with Crippen LogP contribution in [0.4, 0.5) is 5.69 Å². The van der Waals surface area contributed by atoms with Crippen molar-refractivity contribution in [2.24, 2.45) is 0 Å². The largest absolute Gasteiger partial charge is 0.494 e. The number of carbonyl (C=O) groups excluding carboxylic acids is 1. The predicted molar refractivity (Wildman–Crippen MR) is 114 cm³/mol. The molecule has 0 unspecified atom stereocenters. The van der Waals surface area contributed by atoms with Crippen molar-refractivity contribution in [3.63, 3.8) is 0 Å². The summed E-state index contributed by atoms with van der Waals surface area (Å²) in [6, 6.07) is 18.8. The molecule has 1 heterocycles. The molecule has 0 atom stereocenters. The molecule has 0 saturated carbocycles. The van der Waals surface area contributed by atoms with Crippen molar-refractivity contribution in [1.29, 1.82) is 0 Å². The van der Waals surface area contributed by atoms with Crippen molar-refractivity contribution in [2.75, 3.05) is 11.9 Å². The van der Waals surface area contributed by atoms with E-state index < -0.39 is 0 Å². The van der Waals surface area contributed by atoms with Crippen LogP contribution in [0.3, 0.4) is 0 Å². The molecule has 0 aliphatic rings. The maximum absolute atomic E-state index is 12.7. The third-order valence-corrected chi connectivity index (χ3v) is 4.76. The zero-order valence-electron chi connectivity index (χ0n) is 16.7. The predicted octanol–water partition coefficient (Wildman–Crippen LogP) is 5.76. The quantitative estimate of drug-likeness (QED) is 0.473. The Bertz CT molecular complexity index is 1190. The fraction of sp³-hybridized carbons (Fsp3) is 0.167. The van der Waals surface area contributed by atoms with E-state index in [0.717, 1.165) is 27.8 Å². The van der Waals surface area contributed by atoms with E-state index in [2.05, 4.69) is 10.3 Å². The highest BCUT2D eigenvalue weighted by Gasteiger charge is 2.15. The van der Waals surface area contributed by atoms with Gasteiger partial charge < -0.3 is 14.5 Å². The Kier molecular flexibility index (Phi) is 5.04. The van der Waals surface area contributed by atoms with Gasteiger partial charge in [0, 0.05) is 16.8 Å². The molecule has 1 aromatic heterocycles. The highest BCUT2D eigenvalue weighted by Crippen LogP contribution is 2.31. The van der Waals surface area contributed by atoms with Gasteiger partial charge >= 0.3 is 0 Å². The maximum atomic E-state index is 12.7. The Balaban J connectivity index is 1.64. The molecular weight excluding hydrogens is 364 g/mol. The molecule has 0 bridgehead atoms. The highest BCUT2D eigenvalue weighted by molar-refractivity contribution is 6.05. The number of anilines is 1. The lowest BCUT2D eigenvalue weighted by Crippen LogP contribution is -2.13. The molecule has 0 saturated heterocycles. The summed E-state index contributed by atoms with van der Waals surface area (Å²) in [6.45, 7) is 6.43. The monoisotopic (exact) mass is 386 g/mol. The smallest absolute Gasteiger partial charge is 0.255 e. The molecule has 5 heteroatoms. The van der Waals surface area contributed by atoms with E-state index in [-0.39, 0.29) is 5.91 Å². The van der Waals surface area contributed by atoms with Crippen molar-refractivity contribution in [2.45, 2.75) is 20.8 Å². The number of hydrogen-bond acceptors (Lipinski definition) is 4. The summed E-state index contributed by atoms with van der Waals surface area (Å²) in [4.78, 5) is 17.4. The summed E-state index contributed by atoms with van der Waals surface area (Å²) in [5, 5.41) is 2.98. The van der Waals surface area contributed by atoms with Gasteiger partial charge in [-0.3, -0.25) is 4.79 Å². The minimum Gasteiger partial charge on any atom is -0.494 e. The molecule has 4 rings (SSSR count). The molecule has 29 heavy (non-hydrogen) atoms. The second-order valence-corrected chi connectivity index (χ2v) is 6.88. The van der Waals surface area contributed by atoms with Crippen molar-refractivity contribution >= 4 is 22.7 Å². The van der Waals surface area contributed by atoms with Crippen LogP contribution < -0.4 is 10.1 Å². The van der Waals surface area contributed by atoms with Crippen LogP contribution in [0.15, 0.2) is 65.1 Å². The highest BCUT2D eigenvalue weighted by atomic mass is 16.5. The number of aryl methyl sites for hydroxylation is 1. The Morgan fingerprint density at radius 3 is 2.72 bits per heavy atom. The van der Waals surface area contributed by atoms with Gasteiger partial charge in [0.1, 0.15) is 11.3 Å². The summed E-state index contributed by atoms with van der Waals surface area (Å²) in [6.07, 6.45) is 0. The third kappa shape index (κ3) is 3.85. The molecule has 0 fully saturated rings. The Morgan fingerprint density at radius 2 is 1.90 bits per heavy atom. The van der Waals surface area contributed by atoms with Crippen molar-refractivity contribution in [1.82, 2.24) is 4.98 Å². The van der Waals surface area contributed by atoms with Crippen molar-refractivity contribution < 1.29 is 13.9 Å². The molecule has 4 aromatic rings. The second kappa shape index (κ2) is 7.80. The minimum atomic E-state index is -0.194. The van der Waals surface area contributed by atoms with Crippen molar-refractivity contribution in [3.05, 3.63) is 77.4 Å². The van der Waals surface area contributed by atoms with Crippen LogP contribution in [0.2, 0.25) is 0 Å². The minimum absolute atomic E-state index is 0.194. The number of ether oxygens (including phenoxy) is 1. The van der Waals surface area contributed by atoms with E-state index in [1.807, 2.05) is 69.3 Å². The summed E-state index contributed by atoms with van der Waals surface area (Å²) in [5.41, 5.74) is 5.69. The normalized spacial score (nSPS) is 10.9. The van der Waals surface area contributed by atoms with Gasteiger partial charge in [0.15, 0.2) is 5.58 Å². The summed E-state index contributed by atoms with van der Waals surface area (Å²) in [5.74, 6) is 1.02. The molecule has 3 aromatic carbocycles. The lowest BCUT2D eigenvalue weighted by molar-refractivity contribution is 0.102. The number of rotatable bonds is 5. The van der Waals surface area contributed by atoms with E-state index in [1.165, 1.54) is 0 Å². The molecule has 0 spiro atoms. The molecule has 146 valence electrons. The van der Waals surface area contributed by atoms with Crippen molar-refractivity contribution in [3.8, 4) is 17.2 Å². The van der Waals surface area contributed by atoms with Crippen LogP contribution in [0.5, 0.6) is 5.75 Å². The zero-order valence-corrected chi connectivity index (χ0v) is 16.7. The van der Waals surface area contributed by atoms with Crippen LogP contribution >= 0.6 is 0 Å². The van der Waals surface area contributed by atoms with Gasteiger partial charge in [-0.2, -0.15) is 0 Å². The third-order valence-electron chi connectivity index (χ3n) is 4.76. The Morgan fingerprint density at radius 1 is 1.07 bits per heavy atom. The lowest BCUT2D eigenvalue weighted by atomic mass is 10.1. The first kappa shape index (κ1) is 18.7. The first-order valence-corrected chi connectivity index (χ1v) is 9.56. The van der Waals surface area contributed by atoms with Gasteiger partial charge in [0.05, 0.1) is 6.61 Å². The SMILES string of the molecule is CCOc1cccc(C(=O)Nc2cccc(-c3nc4cc(C)ccc4o3)c2C)c1. The van der Waals surface area contributed by atoms with Crippen LogP contribution in [0, 0.1) is 13.8 Å². The summed E-state index contributed by atoms with van der Waals surface area (Å²) < 4.78 is 11.4. The summed E-state index contributed by atoms with van der Waals surface area (Å²) in [7, 11) is 0. The average Bonchev–Trinajstić information content (AvgIpc) is 3.13. The maximum Gasteiger partial charge on any atom is 0.255 e. The number of aromatic nitrogens is 1. The zero-order chi connectivity index (χ0) is 20.4. The number of nitrogens with zero attached hydrogens (tertiary/aromatic N) is 1. The Hall–Kier alpha value is -3.60. The standard InChI is InChI=1S/C24H22N2O3/c1-4-28-18-8-5-7-17(14-18)23(27)25-20-10-6-9-19(16(20)3)24-26-21-13-15(2)11-12-22(21)29-24/h5-14H,4H2,1-3H3,(H,25,27). The molecule has 0 aliphatic carbocycles. The van der Waals surface area contributed by atoms with Gasteiger partial charge in [-0.05, 0) is 74.4 Å². The fourth-order valence-corrected chi connectivity index (χ4v) is 3.24. The number of benzene rings is 3. The van der Waals surface area contributed by atoms with Crippen LogP contribution in [-0.2, 0) is 0 Å². The van der Waals surface area contributed by atoms with E-state index in [1.54, 1.807) is 12.1 Å². The van der Waals surface area contributed by atoms with Crippen LogP contribution in [-0.4, -0.2) is 17.5 Å². The second-order valence-electron chi connectivity index (χ2n) is 6.88. The van der Waals surface area contributed by atoms with Gasteiger partial charge in [0.2, 0.25) is 5.89 Å². The molecule has 0 aliphatic heterocycles. The van der Waals surface area contributed by atoms with E-state index in [4.69, 9.17) is 9.15 Å². The Labute approximate surface area is 169 Å². The van der Waals surface area contributed by atoms with E-state index in [9.17, 15) is 4.79 Å². The number of fused-ring (bicyclic) bond motifs is 1. The summed E-state index contributed by atoms with van der Waals surface area (Å²) >= 11 is 0. The van der Waals surface area contributed by atoms with Gasteiger partial charge in [-0.1, -0.05) is 18.2 Å². The van der Waals surface area contributed by atoms with Gasteiger partial charge in [0.25, 0.3) is 5.91 Å². The van der Waals surface area contributed by atoms with Gasteiger partial charge in [-0.15, -0.1) is 0 Å². The van der Waals surface area contributed by atoms with Crippen LogP contribution in [0.25, 0.3) is 22.6 Å². The van der Waals surface area contributed by atoms with E-state index >= 15 is 0 Å². The topological polar surface area (TPSA) is 64.4 Å². The molecule has 5 nitrogen and oxygen atoms in total. The first-order valence-electron chi connectivity index (χ1n) is 9.56. The number of nitrogens with one attached hydrogen (secondary N) is 1. The average molecular weight is 386 g/mol. The molecular formula is C24H22N2O3. The molecule has 0 radical (unpaired) electrons. The fourth-order valence-electron chi connectivity index (χ4n) is 3.24. The van der Waals surface area contributed by atoms with Gasteiger partial charge in [-0.25, -0.2) is 4.98 Å². The lowest BCUT2D eigenvalue weighted by Gasteiger charge is -2.11. The molecule has 1 N–H and O–H groups in total. The first-order chi connectivity index (χ1) is 14.0. The number of carbonyl (C=O) groups is 1. The van der Waals surface area contributed by atoms with Crippen LogP contribution in [0.1, 0.15) is 28.4 Å². The molecule has 1 amide bonds. The van der Waals surface area contributed by atoms with E-state index in [0.29, 0.717) is 29.5 Å². The number of hydrogen-bond donors (Lipinski definition) is 1. The number of oxazole rings is 1.